The molecule has 0 unspecified atom stereocenters. The highest BCUT2D eigenvalue weighted by Gasteiger charge is 2.26. The van der Waals surface area contributed by atoms with Crippen LogP contribution in [0.3, 0.4) is 0 Å². The Balaban J connectivity index is 0.000000163. The summed E-state index contributed by atoms with van der Waals surface area (Å²) < 4.78 is 2.44. The first-order valence-electron chi connectivity index (χ1n) is 12.8. The van der Waals surface area contributed by atoms with Gasteiger partial charge in [0.2, 0.25) is 0 Å². The highest BCUT2D eigenvalue weighted by Crippen LogP contribution is 2.45. The van der Waals surface area contributed by atoms with Crippen molar-refractivity contribution in [3.8, 4) is 22.3 Å². The Labute approximate surface area is 233 Å². The van der Waals surface area contributed by atoms with E-state index in [1.807, 2.05) is 0 Å². The van der Waals surface area contributed by atoms with Crippen molar-refractivity contribution in [1.82, 2.24) is 0 Å². The molecule has 0 spiro atoms. The first-order valence-corrected chi connectivity index (χ1v) is 14.3. The molecule has 0 fully saturated rings. The third kappa shape index (κ3) is 4.75. The molecule has 0 saturated carbocycles. The van der Waals surface area contributed by atoms with E-state index in [4.69, 9.17) is 0 Å². The molecule has 2 aliphatic carbocycles. The Morgan fingerprint density at radius 2 is 1.08 bits per heavy atom. The van der Waals surface area contributed by atoms with Crippen LogP contribution in [0.1, 0.15) is 74.9 Å². The lowest BCUT2D eigenvalue weighted by atomic mass is 9.85. The second-order valence-corrected chi connectivity index (χ2v) is 13.9. The van der Waals surface area contributed by atoms with Gasteiger partial charge >= 0.3 is 0 Å². The maximum Gasteiger partial charge on any atom is 0.0259 e. The summed E-state index contributed by atoms with van der Waals surface area (Å²) >= 11 is 7.44. The van der Waals surface area contributed by atoms with Gasteiger partial charge in [0.05, 0.1) is 0 Å². The molecule has 2 heteroatoms. The third-order valence-electron chi connectivity index (χ3n) is 7.43. The molecule has 184 valence electrons. The minimum Gasteiger partial charge on any atom is -0.0619 e. The molecule has 4 aromatic rings. The molecule has 0 amide bonds. The van der Waals surface area contributed by atoms with Crippen LogP contribution >= 0.6 is 31.9 Å². The van der Waals surface area contributed by atoms with Gasteiger partial charge in [-0.2, -0.15) is 0 Å². The number of fused-ring (bicyclic) bond motifs is 6. The molecular formula is C34H34Br2. The van der Waals surface area contributed by atoms with Crippen molar-refractivity contribution in [2.24, 2.45) is 0 Å². The molecule has 0 saturated heterocycles. The molecule has 0 radical (unpaired) electrons. The zero-order valence-electron chi connectivity index (χ0n) is 22.1. The van der Waals surface area contributed by atoms with Gasteiger partial charge in [0.15, 0.2) is 0 Å². The van der Waals surface area contributed by atoms with E-state index in [9.17, 15) is 0 Å². The van der Waals surface area contributed by atoms with Crippen molar-refractivity contribution >= 4 is 31.9 Å². The van der Waals surface area contributed by atoms with Gasteiger partial charge in [-0.05, 0) is 91.4 Å². The van der Waals surface area contributed by atoms with Gasteiger partial charge in [-0.25, -0.2) is 0 Å². The quantitative estimate of drug-likeness (QED) is 0.162. The molecule has 0 heterocycles. The Morgan fingerprint density at radius 1 is 0.500 bits per heavy atom. The maximum absolute atomic E-state index is 3.82. The highest BCUT2D eigenvalue weighted by molar-refractivity contribution is 9.11. The van der Waals surface area contributed by atoms with Crippen molar-refractivity contribution in [2.45, 2.75) is 65.2 Å². The summed E-state index contributed by atoms with van der Waals surface area (Å²) in [5, 5.41) is 0. The van der Waals surface area contributed by atoms with E-state index in [0.717, 1.165) is 12.8 Å². The van der Waals surface area contributed by atoms with Gasteiger partial charge in [0, 0.05) is 8.95 Å². The predicted molar refractivity (Wildman–Crippen MR) is 162 cm³/mol. The number of rotatable bonds is 0. The van der Waals surface area contributed by atoms with E-state index < -0.39 is 0 Å². The summed E-state index contributed by atoms with van der Waals surface area (Å²) in [6, 6.07) is 26.7. The summed E-state index contributed by atoms with van der Waals surface area (Å²) in [4.78, 5) is 0. The molecule has 0 aliphatic heterocycles. The van der Waals surface area contributed by atoms with E-state index in [2.05, 4.69) is 146 Å². The fourth-order valence-corrected chi connectivity index (χ4v) is 6.67. The lowest BCUT2D eigenvalue weighted by molar-refractivity contribution is 0.589. The molecule has 0 aromatic heterocycles. The Morgan fingerprint density at radius 3 is 1.81 bits per heavy atom. The smallest absolute Gasteiger partial charge is 0.0259 e. The molecular weight excluding hydrogens is 568 g/mol. The van der Waals surface area contributed by atoms with Gasteiger partial charge in [-0.3, -0.25) is 0 Å². The lowest BCUT2D eigenvalue weighted by Crippen LogP contribution is -2.11. The third-order valence-corrected chi connectivity index (χ3v) is 8.71. The summed E-state index contributed by atoms with van der Waals surface area (Å²) in [6.07, 6.45) is 2.13. The summed E-state index contributed by atoms with van der Waals surface area (Å²) in [5.74, 6) is 0. The van der Waals surface area contributed by atoms with Gasteiger partial charge in [0.25, 0.3) is 0 Å². The van der Waals surface area contributed by atoms with Crippen LogP contribution in [0.5, 0.6) is 0 Å². The van der Waals surface area contributed by atoms with Crippen LogP contribution in [0.2, 0.25) is 0 Å². The number of hydrogen-bond acceptors (Lipinski definition) is 0. The van der Waals surface area contributed by atoms with Crippen LogP contribution in [-0.2, 0) is 23.7 Å². The van der Waals surface area contributed by atoms with E-state index in [-0.39, 0.29) is 10.8 Å². The topological polar surface area (TPSA) is 0 Å². The van der Waals surface area contributed by atoms with E-state index in [1.165, 1.54) is 64.6 Å². The summed E-state index contributed by atoms with van der Waals surface area (Å²) in [5.41, 5.74) is 14.6. The Hall–Kier alpha value is -2.16. The molecule has 6 rings (SSSR count). The fourth-order valence-electron chi connectivity index (χ4n) is 5.33. The predicted octanol–water partition coefficient (Wildman–Crippen LogP) is 10.6. The van der Waals surface area contributed by atoms with Crippen molar-refractivity contribution in [3.63, 3.8) is 0 Å². The van der Waals surface area contributed by atoms with Crippen LogP contribution in [0.4, 0.5) is 0 Å². The first kappa shape index (κ1) is 25.5. The standard InChI is InChI=1S/C21H25Br.C13H9Br/c1-20(2,3)15-7-8-17-13(10-15)9-14-11-16(21(4,5)6)12-18(22)19(14)17;14-12-7-3-5-10-8-9-4-1-2-6-11(9)13(10)12/h7-8,10-12H,9H2,1-6H3;1-7H,8H2. The average molecular weight is 602 g/mol. The van der Waals surface area contributed by atoms with E-state index in [0.29, 0.717) is 0 Å². The zero-order valence-corrected chi connectivity index (χ0v) is 25.3. The van der Waals surface area contributed by atoms with Crippen molar-refractivity contribution < 1.29 is 0 Å². The fraction of sp³-hybridized carbons (Fsp3) is 0.294. The SMILES string of the molecule is Brc1cccc2c1-c1ccccc1C2.CC(C)(C)c1ccc2c(c1)Cc1cc(C(C)(C)C)cc(Br)c1-2. The minimum atomic E-state index is 0.183. The highest BCUT2D eigenvalue weighted by atomic mass is 79.9. The molecule has 0 N–H and O–H groups in total. The molecule has 0 atom stereocenters. The minimum absolute atomic E-state index is 0.183. The maximum atomic E-state index is 3.82. The van der Waals surface area contributed by atoms with Crippen LogP contribution in [0.15, 0.2) is 81.7 Å². The normalized spacial score (nSPS) is 13.3. The van der Waals surface area contributed by atoms with Crippen LogP contribution in [-0.4, -0.2) is 0 Å². The molecule has 0 bridgehead atoms. The Bertz CT molecular complexity index is 1460. The summed E-state index contributed by atoms with van der Waals surface area (Å²) in [7, 11) is 0. The van der Waals surface area contributed by atoms with Crippen LogP contribution in [0, 0.1) is 0 Å². The first-order chi connectivity index (χ1) is 16.9. The van der Waals surface area contributed by atoms with E-state index >= 15 is 0 Å². The average Bonchev–Trinajstić information content (AvgIpc) is 3.37. The number of hydrogen-bond donors (Lipinski definition) is 0. The molecule has 2 aliphatic rings. The molecule has 0 nitrogen and oxygen atoms in total. The monoisotopic (exact) mass is 600 g/mol. The van der Waals surface area contributed by atoms with E-state index in [1.54, 1.807) is 0 Å². The lowest BCUT2D eigenvalue weighted by Gasteiger charge is -2.21. The van der Waals surface area contributed by atoms with Gasteiger partial charge in [-0.15, -0.1) is 0 Å². The van der Waals surface area contributed by atoms with Gasteiger partial charge < -0.3 is 0 Å². The summed E-state index contributed by atoms with van der Waals surface area (Å²) in [6.45, 7) is 13.7. The second-order valence-electron chi connectivity index (χ2n) is 12.1. The van der Waals surface area contributed by atoms with Crippen LogP contribution < -0.4 is 0 Å². The zero-order chi connectivity index (χ0) is 25.8. The largest absolute Gasteiger partial charge is 0.0619 e. The van der Waals surface area contributed by atoms with Gasteiger partial charge in [-0.1, -0.05) is 134 Å². The van der Waals surface area contributed by atoms with Crippen molar-refractivity contribution in [3.05, 3.63) is 115 Å². The van der Waals surface area contributed by atoms with Gasteiger partial charge in [0.1, 0.15) is 0 Å². The second kappa shape index (κ2) is 9.30. The Kier molecular flexibility index (Phi) is 6.58. The van der Waals surface area contributed by atoms with Crippen molar-refractivity contribution in [1.29, 1.82) is 0 Å². The molecule has 36 heavy (non-hydrogen) atoms. The number of benzene rings is 4. The van der Waals surface area contributed by atoms with Crippen molar-refractivity contribution in [2.75, 3.05) is 0 Å². The van der Waals surface area contributed by atoms with Crippen LogP contribution in [0.25, 0.3) is 22.3 Å². The molecule has 4 aromatic carbocycles. The number of halogens is 2.